The van der Waals surface area contributed by atoms with E-state index in [2.05, 4.69) is 14.8 Å². The van der Waals surface area contributed by atoms with Crippen LogP contribution in [-0.4, -0.2) is 38.9 Å². The SMILES string of the molecule is COC(=O)c1cccc(C[NH+](C)CC(=O)Nc2ccc(OC(F)(F)F)cc2)c1. The molecule has 0 saturated carbocycles. The second kappa shape index (κ2) is 9.23. The van der Waals surface area contributed by atoms with E-state index in [-0.39, 0.29) is 18.2 Å². The van der Waals surface area contributed by atoms with Gasteiger partial charge in [-0.15, -0.1) is 13.2 Å². The summed E-state index contributed by atoms with van der Waals surface area (Å²) in [4.78, 5) is 24.6. The van der Waals surface area contributed by atoms with Crippen LogP contribution < -0.4 is 15.0 Å². The van der Waals surface area contributed by atoms with Gasteiger partial charge in [0.25, 0.3) is 5.91 Å². The number of likely N-dealkylation sites (N-methyl/N-ethyl adjacent to an activating group) is 1. The highest BCUT2D eigenvalue weighted by molar-refractivity contribution is 5.91. The van der Waals surface area contributed by atoms with Crippen LogP contribution in [0.2, 0.25) is 0 Å². The molecular weight excluding hydrogens is 377 g/mol. The molecular formula is C19H20F3N2O4+. The maximum atomic E-state index is 12.1. The van der Waals surface area contributed by atoms with Crippen molar-refractivity contribution in [3.05, 3.63) is 59.7 Å². The minimum atomic E-state index is -4.76. The highest BCUT2D eigenvalue weighted by Gasteiger charge is 2.31. The molecule has 0 spiro atoms. The van der Waals surface area contributed by atoms with E-state index in [1.165, 1.54) is 19.2 Å². The van der Waals surface area contributed by atoms with Crippen LogP contribution in [0, 0.1) is 0 Å². The Bertz CT molecular complexity index is 823. The molecule has 0 fully saturated rings. The van der Waals surface area contributed by atoms with Gasteiger partial charge in [-0.25, -0.2) is 4.79 Å². The third-order valence-electron chi connectivity index (χ3n) is 3.69. The average Bonchev–Trinajstić information content (AvgIpc) is 2.61. The van der Waals surface area contributed by atoms with Crippen LogP contribution in [0.3, 0.4) is 0 Å². The summed E-state index contributed by atoms with van der Waals surface area (Å²) in [6, 6.07) is 11.8. The van der Waals surface area contributed by atoms with Crippen LogP contribution in [0.5, 0.6) is 5.75 Å². The Hall–Kier alpha value is -3.07. The van der Waals surface area contributed by atoms with Crippen molar-refractivity contribution in [3.63, 3.8) is 0 Å². The largest absolute Gasteiger partial charge is 0.573 e. The van der Waals surface area contributed by atoms with Crippen LogP contribution in [0.1, 0.15) is 15.9 Å². The zero-order valence-electron chi connectivity index (χ0n) is 15.3. The first-order valence-electron chi connectivity index (χ1n) is 8.30. The summed E-state index contributed by atoms with van der Waals surface area (Å²) < 4.78 is 44.9. The summed E-state index contributed by atoms with van der Waals surface area (Å²) in [5, 5.41) is 2.62. The number of carbonyl (C=O) groups is 2. The number of esters is 1. The second-order valence-corrected chi connectivity index (χ2v) is 6.12. The number of rotatable bonds is 7. The van der Waals surface area contributed by atoms with Crippen molar-refractivity contribution in [2.24, 2.45) is 0 Å². The Kier molecular flexibility index (Phi) is 7.00. The first kappa shape index (κ1) is 21.2. The Morgan fingerprint density at radius 2 is 1.79 bits per heavy atom. The normalized spacial score (nSPS) is 12.2. The molecule has 2 rings (SSSR count). The smallest absolute Gasteiger partial charge is 0.465 e. The van der Waals surface area contributed by atoms with Gasteiger partial charge in [-0.1, -0.05) is 12.1 Å². The molecule has 2 aromatic rings. The fourth-order valence-corrected chi connectivity index (χ4v) is 2.56. The molecule has 0 bridgehead atoms. The van der Waals surface area contributed by atoms with Crippen molar-refractivity contribution in [1.29, 1.82) is 0 Å². The number of anilines is 1. The minimum absolute atomic E-state index is 0.128. The molecule has 0 aliphatic heterocycles. The standard InChI is InChI=1S/C19H19F3N2O4/c1-24(11-13-4-3-5-14(10-13)18(26)27-2)12-17(25)23-15-6-8-16(9-7-15)28-19(20,21)22/h3-10H,11-12H2,1-2H3,(H,23,25)/p+1. The molecule has 0 saturated heterocycles. The lowest BCUT2D eigenvalue weighted by Gasteiger charge is -2.15. The third-order valence-corrected chi connectivity index (χ3v) is 3.69. The van der Waals surface area contributed by atoms with Crippen molar-refractivity contribution in [3.8, 4) is 5.75 Å². The number of benzene rings is 2. The second-order valence-electron chi connectivity index (χ2n) is 6.12. The fraction of sp³-hybridized carbons (Fsp3) is 0.263. The van der Waals surface area contributed by atoms with E-state index in [0.717, 1.165) is 22.6 Å². The Morgan fingerprint density at radius 3 is 2.39 bits per heavy atom. The van der Waals surface area contributed by atoms with Gasteiger partial charge in [0.05, 0.1) is 19.7 Å². The number of carbonyl (C=O) groups excluding carboxylic acids is 2. The van der Waals surface area contributed by atoms with E-state index in [0.29, 0.717) is 17.8 Å². The first-order valence-corrected chi connectivity index (χ1v) is 8.30. The van der Waals surface area contributed by atoms with Gasteiger partial charge in [-0.05, 0) is 36.4 Å². The number of nitrogens with one attached hydrogen (secondary N) is 2. The van der Waals surface area contributed by atoms with Gasteiger partial charge >= 0.3 is 12.3 Å². The number of hydrogen-bond acceptors (Lipinski definition) is 4. The molecule has 9 heteroatoms. The molecule has 0 radical (unpaired) electrons. The van der Waals surface area contributed by atoms with E-state index >= 15 is 0 Å². The molecule has 1 amide bonds. The summed E-state index contributed by atoms with van der Waals surface area (Å²) in [7, 11) is 3.11. The van der Waals surface area contributed by atoms with Crippen LogP contribution in [0.4, 0.5) is 18.9 Å². The van der Waals surface area contributed by atoms with Gasteiger partial charge in [0, 0.05) is 11.3 Å². The van der Waals surface area contributed by atoms with E-state index in [4.69, 9.17) is 0 Å². The van der Waals surface area contributed by atoms with E-state index in [1.807, 2.05) is 13.1 Å². The monoisotopic (exact) mass is 397 g/mol. The maximum Gasteiger partial charge on any atom is 0.573 e. The number of halogens is 3. The van der Waals surface area contributed by atoms with Gasteiger partial charge in [-0.3, -0.25) is 4.79 Å². The van der Waals surface area contributed by atoms with Crippen molar-refractivity contribution >= 4 is 17.6 Å². The first-order chi connectivity index (χ1) is 13.2. The van der Waals surface area contributed by atoms with Gasteiger partial charge < -0.3 is 19.7 Å². The molecule has 0 aliphatic carbocycles. The summed E-state index contributed by atoms with van der Waals surface area (Å²) in [5.74, 6) is -1.10. The molecule has 0 heterocycles. The predicted octanol–water partition coefficient (Wildman–Crippen LogP) is 2.03. The quantitative estimate of drug-likeness (QED) is 0.702. The Balaban J connectivity index is 1.88. The van der Waals surface area contributed by atoms with E-state index in [1.54, 1.807) is 18.2 Å². The van der Waals surface area contributed by atoms with Crippen LogP contribution in [-0.2, 0) is 16.1 Å². The zero-order valence-corrected chi connectivity index (χ0v) is 15.3. The molecule has 2 aromatic carbocycles. The zero-order chi connectivity index (χ0) is 20.7. The lowest BCUT2D eigenvalue weighted by atomic mass is 10.1. The summed E-state index contributed by atoms with van der Waals surface area (Å²) in [5.41, 5.74) is 1.65. The molecule has 150 valence electrons. The summed E-state index contributed by atoms with van der Waals surface area (Å²) in [6.45, 7) is 0.625. The van der Waals surface area contributed by atoms with Gasteiger partial charge in [0.15, 0.2) is 6.54 Å². The number of amides is 1. The van der Waals surface area contributed by atoms with Crippen LogP contribution in [0.15, 0.2) is 48.5 Å². The van der Waals surface area contributed by atoms with Crippen LogP contribution >= 0.6 is 0 Å². The number of methoxy groups -OCH3 is 1. The highest BCUT2D eigenvalue weighted by Crippen LogP contribution is 2.23. The maximum absolute atomic E-state index is 12.1. The molecule has 6 nitrogen and oxygen atoms in total. The van der Waals surface area contributed by atoms with Gasteiger partial charge in [-0.2, -0.15) is 0 Å². The van der Waals surface area contributed by atoms with Crippen molar-refractivity contribution in [2.75, 3.05) is 26.0 Å². The van der Waals surface area contributed by atoms with Gasteiger partial charge in [0.1, 0.15) is 12.3 Å². The van der Waals surface area contributed by atoms with E-state index < -0.39 is 12.3 Å². The Morgan fingerprint density at radius 1 is 1.11 bits per heavy atom. The summed E-state index contributed by atoms with van der Waals surface area (Å²) in [6.07, 6.45) is -4.76. The summed E-state index contributed by atoms with van der Waals surface area (Å²) >= 11 is 0. The van der Waals surface area contributed by atoms with Crippen molar-refractivity contribution < 1.29 is 37.1 Å². The van der Waals surface area contributed by atoms with Crippen molar-refractivity contribution in [1.82, 2.24) is 0 Å². The minimum Gasteiger partial charge on any atom is -0.465 e. The number of alkyl halides is 3. The molecule has 1 unspecified atom stereocenters. The average molecular weight is 397 g/mol. The molecule has 0 aliphatic rings. The molecule has 28 heavy (non-hydrogen) atoms. The van der Waals surface area contributed by atoms with Crippen LogP contribution in [0.25, 0.3) is 0 Å². The molecule has 1 atom stereocenters. The number of hydrogen-bond donors (Lipinski definition) is 2. The van der Waals surface area contributed by atoms with Crippen molar-refractivity contribution in [2.45, 2.75) is 12.9 Å². The number of ether oxygens (including phenoxy) is 2. The topological polar surface area (TPSA) is 69.1 Å². The lowest BCUT2D eigenvalue weighted by molar-refractivity contribution is -0.885. The fourth-order valence-electron chi connectivity index (χ4n) is 2.56. The molecule has 0 aromatic heterocycles. The lowest BCUT2D eigenvalue weighted by Crippen LogP contribution is -3.08. The van der Waals surface area contributed by atoms with E-state index in [9.17, 15) is 22.8 Å². The third kappa shape index (κ3) is 6.92. The predicted molar refractivity (Wildman–Crippen MR) is 95.0 cm³/mol. The number of quaternary nitrogens is 1. The Labute approximate surface area is 159 Å². The highest BCUT2D eigenvalue weighted by atomic mass is 19.4. The molecule has 2 N–H and O–H groups in total. The van der Waals surface area contributed by atoms with Gasteiger partial charge in [0.2, 0.25) is 0 Å².